The molecule has 1 heterocycles. The first-order chi connectivity index (χ1) is 11.9. The van der Waals surface area contributed by atoms with Crippen LogP contribution in [0.3, 0.4) is 0 Å². The third-order valence-electron chi connectivity index (χ3n) is 4.61. The Morgan fingerprint density at radius 1 is 1.36 bits per heavy atom. The number of aliphatic imine (C=N–C) groups is 1. The highest BCUT2D eigenvalue weighted by atomic mass is 32.2. The predicted octanol–water partition coefficient (Wildman–Crippen LogP) is 5.42. The van der Waals surface area contributed by atoms with E-state index in [0.29, 0.717) is 18.0 Å². The number of nitro groups is 1. The average Bonchev–Trinajstić information content (AvgIpc) is 3.00. The van der Waals surface area contributed by atoms with Crippen LogP contribution in [0.4, 0.5) is 11.4 Å². The van der Waals surface area contributed by atoms with Crippen molar-refractivity contribution in [2.75, 3.05) is 10.7 Å². The van der Waals surface area contributed by atoms with E-state index >= 15 is 0 Å². The number of anilines is 1. The summed E-state index contributed by atoms with van der Waals surface area (Å²) in [5.41, 5.74) is 2.11. The molecule has 1 aromatic carbocycles. The minimum Gasteiger partial charge on any atom is -0.318 e. The maximum absolute atomic E-state index is 11.0. The molecule has 0 unspecified atom stereocenters. The molecule has 0 saturated carbocycles. The number of non-ortho nitro benzene ring substituents is 1. The van der Waals surface area contributed by atoms with Crippen LogP contribution in [0, 0.1) is 23.0 Å². The number of thioether (sulfide) groups is 1. The van der Waals surface area contributed by atoms with Gasteiger partial charge in [0.2, 0.25) is 0 Å². The maximum Gasteiger partial charge on any atom is 0.269 e. The standard InChI is InChI=1S/C19H29N3O2S/c1-6-16(7-2)21(19-20-15(12-25-19)10-13(3)4)18-9-8-17(22(23)24)11-14(18)5/h8-9,11,13,15-16H,6-7,10,12H2,1-5H3/t15-/m0/s1. The quantitative estimate of drug-likeness (QED) is 0.480. The van der Waals surface area contributed by atoms with Crippen molar-refractivity contribution in [1.82, 2.24) is 0 Å². The third-order valence-corrected chi connectivity index (χ3v) is 5.72. The zero-order valence-electron chi connectivity index (χ0n) is 15.9. The molecule has 5 nitrogen and oxygen atoms in total. The van der Waals surface area contributed by atoms with Crippen LogP contribution < -0.4 is 4.90 Å². The monoisotopic (exact) mass is 363 g/mol. The van der Waals surface area contributed by atoms with Crippen molar-refractivity contribution in [3.8, 4) is 0 Å². The van der Waals surface area contributed by atoms with Gasteiger partial charge in [0.15, 0.2) is 5.17 Å². The Morgan fingerprint density at radius 3 is 2.56 bits per heavy atom. The Balaban J connectivity index is 2.39. The van der Waals surface area contributed by atoms with Crippen LogP contribution in [-0.2, 0) is 0 Å². The molecule has 1 aromatic rings. The molecule has 1 aliphatic rings. The normalized spacial score (nSPS) is 17.2. The Kier molecular flexibility index (Phi) is 6.87. The number of hydrogen-bond donors (Lipinski definition) is 0. The molecule has 1 atom stereocenters. The van der Waals surface area contributed by atoms with E-state index in [1.807, 2.05) is 24.8 Å². The van der Waals surface area contributed by atoms with E-state index in [4.69, 9.17) is 4.99 Å². The molecular formula is C19H29N3O2S. The van der Waals surface area contributed by atoms with E-state index in [-0.39, 0.29) is 10.6 Å². The molecule has 0 aliphatic carbocycles. The molecule has 0 spiro atoms. The first kappa shape index (κ1) is 19.8. The van der Waals surface area contributed by atoms with Crippen LogP contribution >= 0.6 is 11.8 Å². The smallest absolute Gasteiger partial charge is 0.269 e. The molecule has 0 radical (unpaired) electrons. The molecule has 6 heteroatoms. The maximum atomic E-state index is 11.0. The lowest BCUT2D eigenvalue weighted by Gasteiger charge is -2.33. The zero-order chi connectivity index (χ0) is 18.6. The molecule has 0 N–H and O–H groups in total. The van der Waals surface area contributed by atoms with Gasteiger partial charge >= 0.3 is 0 Å². The molecule has 0 fully saturated rings. The zero-order valence-corrected chi connectivity index (χ0v) is 16.7. The summed E-state index contributed by atoms with van der Waals surface area (Å²) in [5, 5.41) is 12.1. The van der Waals surface area contributed by atoms with Crippen LogP contribution in [-0.4, -0.2) is 27.9 Å². The van der Waals surface area contributed by atoms with E-state index in [1.54, 1.807) is 12.1 Å². The molecule has 0 saturated heterocycles. The number of nitro benzene ring substituents is 1. The van der Waals surface area contributed by atoms with Crippen LogP contribution in [0.25, 0.3) is 0 Å². The highest BCUT2D eigenvalue weighted by Crippen LogP contribution is 2.34. The fourth-order valence-electron chi connectivity index (χ4n) is 3.33. The van der Waals surface area contributed by atoms with E-state index in [1.165, 1.54) is 0 Å². The van der Waals surface area contributed by atoms with Crippen molar-refractivity contribution in [2.45, 2.75) is 66.0 Å². The van der Waals surface area contributed by atoms with Crippen molar-refractivity contribution in [1.29, 1.82) is 0 Å². The van der Waals surface area contributed by atoms with Gasteiger partial charge in [0.1, 0.15) is 0 Å². The fourth-order valence-corrected chi connectivity index (χ4v) is 4.49. The molecule has 138 valence electrons. The summed E-state index contributed by atoms with van der Waals surface area (Å²) in [6, 6.07) is 5.87. The molecule has 0 amide bonds. The van der Waals surface area contributed by atoms with Gasteiger partial charge in [-0.15, -0.1) is 0 Å². The Morgan fingerprint density at radius 2 is 2.04 bits per heavy atom. The van der Waals surface area contributed by atoms with Crippen LogP contribution in [0.5, 0.6) is 0 Å². The molecule has 2 rings (SSSR count). The summed E-state index contributed by atoms with van der Waals surface area (Å²) in [4.78, 5) is 18.0. The first-order valence-corrected chi connectivity index (χ1v) is 10.1. The Bertz CT molecular complexity index is 642. The third kappa shape index (κ3) is 4.75. The van der Waals surface area contributed by atoms with Crippen LogP contribution in [0.1, 0.15) is 52.5 Å². The minimum atomic E-state index is -0.335. The van der Waals surface area contributed by atoms with E-state index in [2.05, 4.69) is 32.6 Å². The van der Waals surface area contributed by atoms with Gasteiger partial charge < -0.3 is 4.90 Å². The first-order valence-electron chi connectivity index (χ1n) is 9.12. The van der Waals surface area contributed by atoms with Gasteiger partial charge in [-0.05, 0) is 43.7 Å². The van der Waals surface area contributed by atoms with Crippen molar-refractivity contribution in [2.24, 2.45) is 10.9 Å². The Hall–Kier alpha value is -1.56. The van der Waals surface area contributed by atoms with Crippen molar-refractivity contribution < 1.29 is 4.92 Å². The van der Waals surface area contributed by atoms with Gasteiger partial charge in [0.25, 0.3) is 5.69 Å². The number of hydrogen-bond acceptors (Lipinski definition) is 5. The second kappa shape index (κ2) is 8.70. The molecule has 1 aliphatic heterocycles. The van der Waals surface area contributed by atoms with Gasteiger partial charge in [-0.3, -0.25) is 15.1 Å². The van der Waals surface area contributed by atoms with Crippen molar-refractivity contribution in [3.63, 3.8) is 0 Å². The predicted molar refractivity (Wildman–Crippen MR) is 108 cm³/mol. The van der Waals surface area contributed by atoms with Gasteiger partial charge in [-0.2, -0.15) is 0 Å². The fraction of sp³-hybridized carbons (Fsp3) is 0.632. The Labute approximate surface area is 155 Å². The summed E-state index contributed by atoms with van der Waals surface area (Å²) in [5.74, 6) is 1.66. The summed E-state index contributed by atoms with van der Waals surface area (Å²) < 4.78 is 0. The number of benzene rings is 1. The van der Waals surface area contributed by atoms with Gasteiger partial charge in [-0.1, -0.05) is 39.5 Å². The van der Waals surface area contributed by atoms with Gasteiger partial charge in [0.05, 0.1) is 11.0 Å². The lowest BCUT2D eigenvalue weighted by Crippen LogP contribution is -2.38. The summed E-state index contributed by atoms with van der Waals surface area (Å²) >= 11 is 1.82. The van der Waals surface area contributed by atoms with E-state index < -0.39 is 0 Å². The highest BCUT2D eigenvalue weighted by molar-refractivity contribution is 8.14. The van der Waals surface area contributed by atoms with Gasteiger partial charge in [0, 0.05) is 29.6 Å². The molecule has 25 heavy (non-hydrogen) atoms. The van der Waals surface area contributed by atoms with Crippen molar-refractivity contribution in [3.05, 3.63) is 33.9 Å². The van der Waals surface area contributed by atoms with E-state index in [9.17, 15) is 10.1 Å². The van der Waals surface area contributed by atoms with E-state index in [0.717, 1.165) is 41.4 Å². The second-order valence-electron chi connectivity index (χ2n) is 7.07. The van der Waals surface area contributed by atoms with Crippen LogP contribution in [0.2, 0.25) is 0 Å². The molecule has 0 bridgehead atoms. The second-order valence-corrected chi connectivity index (χ2v) is 8.06. The summed E-state index contributed by atoms with van der Waals surface area (Å²) in [7, 11) is 0. The average molecular weight is 364 g/mol. The topological polar surface area (TPSA) is 58.7 Å². The number of nitrogens with zero attached hydrogens (tertiary/aromatic N) is 3. The largest absolute Gasteiger partial charge is 0.318 e. The lowest BCUT2D eigenvalue weighted by molar-refractivity contribution is -0.384. The molecular weight excluding hydrogens is 334 g/mol. The number of rotatable bonds is 7. The highest BCUT2D eigenvalue weighted by Gasteiger charge is 2.29. The van der Waals surface area contributed by atoms with Crippen molar-refractivity contribution >= 4 is 28.3 Å². The minimum absolute atomic E-state index is 0.143. The summed E-state index contributed by atoms with van der Waals surface area (Å²) in [6.07, 6.45) is 3.13. The number of amidine groups is 1. The van der Waals surface area contributed by atoms with Gasteiger partial charge in [-0.25, -0.2) is 0 Å². The SMILES string of the molecule is CCC(CC)N(C1=N[C@@H](CC(C)C)CS1)c1ccc([N+](=O)[O-])cc1C. The van der Waals surface area contributed by atoms with Crippen LogP contribution in [0.15, 0.2) is 23.2 Å². The summed E-state index contributed by atoms with van der Waals surface area (Å²) in [6.45, 7) is 10.8. The lowest BCUT2D eigenvalue weighted by atomic mass is 10.1. The number of aryl methyl sites for hydroxylation is 1. The molecule has 0 aromatic heterocycles.